The predicted molar refractivity (Wildman–Crippen MR) is 67.4 cm³/mol. The highest BCUT2D eigenvalue weighted by Crippen LogP contribution is 2.44. The van der Waals surface area contributed by atoms with Crippen molar-refractivity contribution >= 4 is 10.1 Å². The van der Waals surface area contributed by atoms with Crippen LogP contribution in [0.4, 0.5) is 0 Å². The second-order valence-corrected chi connectivity index (χ2v) is 6.25. The molecule has 0 aromatic heterocycles. The van der Waals surface area contributed by atoms with Crippen molar-refractivity contribution in [3.8, 4) is 0 Å². The van der Waals surface area contributed by atoms with Gasteiger partial charge in [-0.15, -0.1) is 0 Å². The molecular weight excluding hydrogens is 236 g/mol. The molecule has 0 bridgehead atoms. The largest absolute Gasteiger partial charge is 0.270 e. The topological polar surface area (TPSA) is 43.4 Å². The molecule has 0 atom stereocenters. The van der Waals surface area contributed by atoms with Gasteiger partial charge in [-0.1, -0.05) is 36.8 Å². The Kier molecular flexibility index (Phi) is 3.54. The molecule has 0 spiro atoms. The lowest BCUT2D eigenvalue weighted by Crippen LogP contribution is -2.41. The summed E-state index contributed by atoms with van der Waals surface area (Å²) in [7, 11) is -3.40. The molecule has 0 aliphatic heterocycles. The van der Waals surface area contributed by atoms with Gasteiger partial charge >= 0.3 is 0 Å². The van der Waals surface area contributed by atoms with E-state index in [1.165, 1.54) is 0 Å². The number of hydrogen-bond donors (Lipinski definition) is 0. The van der Waals surface area contributed by atoms with Gasteiger partial charge in [-0.3, -0.25) is 4.18 Å². The van der Waals surface area contributed by atoms with Crippen LogP contribution in [0.25, 0.3) is 0 Å². The van der Waals surface area contributed by atoms with Crippen molar-refractivity contribution in [1.82, 2.24) is 0 Å². The van der Waals surface area contributed by atoms with Gasteiger partial charge in [0.25, 0.3) is 10.1 Å². The molecule has 0 N–H and O–H groups in total. The molecule has 1 saturated carbocycles. The summed E-state index contributed by atoms with van der Waals surface area (Å²) >= 11 is 0. The highest BCUT2D eigenvalue weighted by atomic mass is 32.2. The van der Waals surface area contributed by atoms with Crippen molar-refractivity contribution in [1.29, 1.82) is 0 Å². The van der Waals surface area contributed by atoms with Gasteiger partial charge in [0, 0.05) is 5.41 Å². The summed E-state index contributed by atoms with van der Waals surface area (Å²) in [6.07, 6.45) is 2.96. The molecule has 3 nitrogen and oxygen atoms in total. The molecule has 1 aromatic rings. The van der Waals surface area contributed by atoms with Crippen LogP contribution in [0.3, 0.4) is 0 Å². The Labute approximate surface area is 103 Å². The Morgan fingerprint density at radius 2 is 1.88 bits per heavy atom. The zero-order chi connectivity index (χ0) is 12.4. The number of benzene rings is 1. The highest BCUT2D eigenvalue weighted by molar-refractivity contribution is 7.86. The third kappa shape index (κ3) is 2.69. The molecule has 2 rings (SSSR count). The van der Waals surface area contributed by atoms with Gasteiger partial charge in [-0.25, -0.2) is 0 Å². The lowest BCUT2D eigenvalue weighted by atomic mass is 9.66. The molecule has 94 valence electrons. The Morgan fingerprint density at radius 3 is 2.35 bits per heavy atom. The van der Waals surface area contributed by atoms with Crippen LogP contribution < -0.4 is 0 Å². The maximum atomic E-state index is 11.8. The first-order valence-electron chi connectivity index (χ1n) is 6.01. The van der Waals surface area contributed by atoms with Gasteiger partial charge in [-0.2, -0.15) is 8.42 Å². The normalized spacial score (nSPS) is 18.6. The minimum atomic E-state index is -3.40. The van der Waals surface area contributed by atoms with Crippen LogP contribution in [0.15, 0.2) is 30.3 Å². The second kappa shape index (κ2) is 4.78. The maximum Gasteiger partial charge on any atom is 0.268 e. The number of rotatable bonds is 5. The Hall–Kier alpha value is -0.870. The SMILES string of the molecule is CCOS(=O)(=O)CC1(c2ccccc2)CCC1. The predicted octanol–water partition coefficient (Wildman–Crippen LogP) is 2.47. The van der Waals surface area contributed by atoms with E-state index in [-0.39, 0.29) is 17.8 Å². The third-order valence-corrected chi connectivity index (χ3v) is 4.95. The molecule has 1 aliphatic carbocycles. The number of hydrogen-bond acceptors (Lipinski definition) is 3. The second-order valence-electron chi connectivity index (χ2n) is 4.61. The van der Waals surface area contributed by atoms with E-state index in [1.807, 2.05) is 30.3 Å². The smallest absolute Gasteiger partial charge is 0.268 e. The zero-order valence-electron chi connectivity index (χ0n) is 10.1. The van der Waals surface area contributed by atoms with Crippen LogP contribution in [0.5, 0.6) is 0 Å². The first kappa shape index (κ1) is 12.6. The quantitative estimate of drug-likeness (QED) is 0.758. The minimum Gasteiger partial charge on any atom is -0.270 e. The van der Waals surface area contributed by atoms with Gasteiger partial charge in [0.15, 0.2) is 0 Å². The lowest BCUT2D eigenvalue weighted by Gasteiger charge is -2.41. The summed E-state index contributed by atoms with van der Waals surface area (Å²) in [5.41, 5.74) is 0.907. The average Bonchev–Trinajstić information content (AvgIpc) is 2.25. The molecule has 4 heteroatoms. The maximum absolute atomic E-state index is 11.8. The molecule has 17 heavy (non-hydrogen) atoms. The zero-order valence-corrected chi connectivity index (χ0v) is 10.9. The first-order valence-corrected chi connectivity index (χ1v) is 7.58. The highest BCUT2D eigenvalue weighted by Gasteiger charge is 2.42. The fraction of sp³-hybridized carbons (Fsp3) is 0.538. The molecule has 1 fully saturated rings. The Balaban J connectivity index is 2.22. The van der Waals surface area contributed by atoms with E-state index in [0.29, 0.717) is 0 Å². The fourth-order valence-corrected chi connectivity index (χ4v) is 4.05. The van der Waals surface area contributed by atoms with Crippen molar-refractivity contribution < 1.29 is 12.6 Å². The lowest BCUT2D eigenvalue weighted by molar-refractivity contribution is 0.258. The van der Waals surface area contributed by atoms with E-state index in [2.05, 4.69) is 0 Å². The molecule has 0 heterocycles. The molecule has 0 saturated heterocycles. The first-order chi connectivity index (χ1) is 8.08. The van der Waals surface area contributed by atoms with E-state index in [1.54, 1.807) is 6.92 Å². The molecule has 1 aliphatic rings. The summed E-state index contributed by atoms with van der Waals surface area (Å²) in [5.74, 6) is 0.109. The van der Waals surface area contributed by atoms with E-state index in [9.17, 15) is 8.42 Å². The molecule has 1 aromatic carbocycles. The van der Waals surface area contributed by atoms with Crippen molar-refractivity contribution in [2.75, 3.05) is 12.4 Å². The Bertz CT molecular complexity index is 461. The van der Waals surface area contributed by atoms with E-state index < -0.39 is 10.1 Å². The van der Waals surface area contributed by atoms with E-state index in [4.69, 9.17) is 4.18 Å². The van der Waals surface area contributed by atoms with Crippen LogP contribution in [0, 0.1) is 0 Å². The van der Waals surface area contributed by atoms with Crippen LogP contribution in [-0.4, -0.2) is 20.8 Å². The van der Waals surface area contributed by atoms with E-state index in [0.717, 1.165) is 24.8 Å². The average molecular weight is 254 g/mol. The van der Waals surface area contributed by atoms with Crippen LogP contribution >= 0.6 is 0 Å². The summed E-state index contributed by atoms with van der Waals surface area (Å²) in [6.45, 7) is 1.92. The molecule has 0 unspecified atom stereocenters. The monoisotopic (exact) mass is 254 g/mol. The van der Waals surface area contributed by atoms with Crippen molar-refractivity contribution in [3.63, 3.8) is 0 Å². The fourth-order valence-electron chi connectivity index (χ4n) is 2.47. The van der Waals surface area contributed by atoms with Crippen molar-refractivity contribution in [2.24, 2.45) is 0 Å². The van der Waals surface area contributed by atoms with Crippen LogP contribution in [0.2, 0.25) is 0 Å². The standard InChI is InChI=1S/C13H18O3S/c1-2-16-17(14,15)11-13(9-6-10-13)12-7-4-3-5-8-12/h3-5,7-8H,2,6,9-11H2,1H3. The molecular formula is C13H18O3S. The van der Waals surface area contributed by atoms with Gasteiger partial charge in [-0.05, 0) is 25.3 Å². The Morgan fingerprint density at radius 1 is 1.24 bits per heavy atom. The van der Waals surface area contributed by atoms with Gasteiger partial charge in [0.05, 0.1) is 12.4 Å². The third-order valence-electron chi connectivity index (χ3n) is 3.45. The summed E-state index contributed by atoms with van der Waals surface area (Å²) in [5, 5.41) is 0. The van der Waals surface area contributed by atoms with Crippen molar-refractivity contribution in [2.45, 2.75) is 31.6 Å². The summed E-state index contributed by atoms with van der Waals surface area (Å²) < 4.78 is 28.4. The van der Waals surface area contributed by atoms with Gasteiger partial charge in [0.2, 0.25) is 0 Å². The summed E-state index contributed by atoms with van der Waals surface area (Å²) in [6, 6.07) is 9.90. The van der Waals surface area contributed by atoms with Crippen molar-refractivity contribution in [3.05, 3.63) is 35.9 Å². The van der Waals surface area contributed by atoms with Gasteiger partial charge < -0.3 is 0 Å². The van der Waals surface area contributed by atoms with Gasteiger partial charge in [0.1, 0.15) is 0 Å². The van der Waals surface area contributed by atoms with Crippen LogP contribution in [0.1, 0.15) is 31.7 Å². The molecule has 0 amide bonds. The minimum absolute atomic E-state index is 0.109. The van der Waals surface area contributed by atoms with E-state index >= 15 is 0 Å². The summed E-state index contributed by atoms with van der Waals surface area (Å²) in [4.78, 5) is 0. The molecule has 0 radical (unpaired) electrons. The van der Waals surface area contributed by atoms with Crippen LogP contribution in [-0.2, 0) is 19.7 Å².